The molecule has 1 unspecified atom stereocenters. The number of piperazine rings is 1. The third-order valence-corrected chi connectivity index (χ3v) is 7.90. The van der Waals surface area contributed by atoms with Crippen molar-refractivity contribution in [3.8, 4) is 0 Å². The van der Waals surface area contributed by atoms with Crippen LogP contribution in [0.5, 0.6) is 0 Å². The molecular formula is C25H32FN5O4S. The van der Waals surface area contributed by atoms with Crippen molar-refractivity contribution in [2.24, 2.45) is 0 Å². The van der Waals surface area contributed by atoms with Crippen LogP contribution in [0, 0.1) is 5.82 Å². The third-order valence-electron chi connectivity index (χ3n) is 6.72. The Morgan fingerprint density at radius 1 is 1.00 bits per heavy atom. The Labute approximate surface area is 211 Å². The van der Waals surface area contributed by atoms with E-state index in [-0.39, 0.29) is 18.4 Å². The molecule has 1 saturated heterocycles. The zero-order valence-corrected chi connectivity index (χ0v) is 21.4. The largest absolute Gasteiger partial charge is 0.346 e. The Hall–Kier alpha value is -3.02. The molecule has 0 bridgehead atoms. The number of carbonyl (C=O) groups is 2. The summed E-state index contributed by atoms with van der Waals surface area (Å²) in [6.07, 6.45) is 2.61. The molecule has 2 aliphatic rings. The van der Waals surface area contributed by atoms with E-state index in [1.165, 1.54) is 16.4 Å². The number of hydrogen-bond donors (Lipinski definition) is 2. The molecule has 2 N–H and O–H groups in total. The van der Waals surface area contributed by atoms with Crippen LogP contribution < -0.4 is 14.9 Å². The van der Waals surface area contributed by atoms with Gasteiger partial charge in [-0.25, -0.2) is 12.8 Å². The van der Waals surface area contributed by atoms with Crippen LogP contribution in [0.25, 0.3) is 0 Å². The van der Waals surface area contributed by atoms with Gasteiger partial charge in [-0.15, -0.1) is 0 Å². The number of amides is 2. The lowest BCUT2D eigenvalue weighted by Crippen LogP contribution is -2.49. The predicted octanol–water partition coefficient (Wildman–Crippen LogP) is 1.58. The second kappa shape index (κ2) is 10.9. The molecule has 0 spiro atoms. The Morgan fingerprint density at radius 2 is 1.69 bits per heavy atom. The lowest BCUT2D eigenvalue weighted by Gasteiger charge is -2.38. The van der Waals surface area contributed by atoms with Gasteiger partial charge in [0, 0.05) is 45.0 Å². The second-order valence-electron chi connectivity index (χ2n) is 9.35. The highest BCUT2D eigenvalue weighted by atomic mass is 32.2. The molecule has 36 heavy (non-hydrogen) atoms. The highest BCUT2D eigenvalue weighted by Crippen LogP contribution is 2.31. The minimum Gasteiger partial charge on any atom is -0.346 e. The Balaban J connectivity index is 1.43. The number of benzene rings is 2. The molecule has 0 aromatic heterocycles. The maximum Gasteiger partial charge on any atom is 0.313 e. The van der Waals surface area contributed by atoms with Gasteiger partial charge in [0.25, 0.3) is 0 Å². The zero-order chi connectivity index (χ0) is 25.9. The number of fused-ring (bicyclic) bond motifs is 1. The topological polar surface area (TPSA) is 102 Å². The van der Waals surface area contributed by atoms with E-state index in [2.05, 4.69) is 20.4 Å². The number of rotatable bonds is 6. The van der Waals surface area contributed by atoms with Gasteiger partial charge in [-0.1, -0.05) is 18.2 Å². The van der Waals surface area contributed by atoms with E-state index in [0.29, 0.717) is 17.9 Å². The average molecular weight is 518 g/mol. The minimum absolute atomic E-state index is 0.188. The monoisotopic (exact) mass is 517 g/mol. The first-order valence-corrected chi connectivity index (χ1v) is 13.8. The van der Waals surface area contributed by atoms with Crippen LogP contribution in [0.2, 0.25) is 0 Å². The van der Waals surface area contributed by atoms with E-state index in [9.17, 15) is 22.4 Å². The quantitative estimate of drug-likeness (QED) is 0.565. The number of likely N-dealkylation sites (N-methyl/N-ethyl adjacent to an activating group) is 1. The summed E-state index contributed by atoms with van der Waals surface area (Å²) in [5, 5.41) is 5.29. The molecular weight excluding hydrogens is 485 g/mol. The van der Waals surface area contributed by atoms with E-state index in [0.717, 1.165) is 56.4 Å². The normalized spacial score (nSPS) is 17.8. The van der Waals surface area contributed by atoms with Gasteiger partial charge in [0.2, 0.25) is 10.0 Å². The van der Waals surface area contributed by atoms with Crippen molar-refractivity contribution >= 4 is 33.2 Å². The summed E-state index contributed by atoms with van der Waals surface area (Å²) in [4.78, 5) is 29.7. The van der Waals surface area contributed by atoms with Gasteiger partial charge in [-0.3, -0.25) is 18.8 Å². The van der Waals surface area contributed by atoms with Crippen molar-refractivity contribution in [2.75, 3.05) is 62.2 Å². The summed E-state index contributed by atoms with van der Waals surface area (Å²) in [7, 11) is -1.40. The number of sulfonamides is 1. The van der Waals surface area contributed by atoms with Crippen LogP contribution in [-0.4, -0.2) is 82.6 Å². The number of nitrogens with zero attached hydrogens (tertiary/aromatic N) is 3. The zero-order valence-electron chi connectivity index (χ0n) is 20.5. The number of nitrogens with one attached hydrogen (secondary N) is 2. The maximum atomic E-state index is 13.5. The summed E-state index contributed by atoms with van der Waals surface area (Å²) in [6, 6.07) is 11.0. The fourth-order valence-electron chi connectivity index (χ4n) is 4.70. The van der Waals surface area contributed by atoms with Crippen LogP contribution in [0.4, 0.5) is 15.8 Å². The third kappa shape index (κ3) is 6.21. The molecule has 4 rings (SSSR count). The molecule has 2 aliphatic heterocycles. The molecule has 0 aliphatic carbocycles. The molecule has 2 aromatic rings. The highest BCUT2D eigenvalue weighted by molar-refractivity contribution is 7.92. The summed E-state index contributed by atoms with van der Waals surface area (Å²) in [6.45, 7) is 3.87. The van der Waals surface area contributed by atoms with Crippen molar-refractivity contribution in [1.29, 1.82) is 0 Å². The number of hydrogen-bond acceptors (Lipinski definition) is 6. The number of aryl methyl sites for hydroxylation is 1. The standard InChI is InChI=1S/C25H32FN5O4S/c1-29-12-14-30(15-13-29)23(19-5-8-20(26)9-6-19)17-27-24(32)25(33)28-21-10-7-18-4-3-11-31(22(18)16-21)36(2,34)35/h5-10,16,23H,3-4,11-15,17H2,1-2H3,(H,27,32)(H,28,33). The first-order valence-electron chi connectivity index (χ1n) is 12.0. The van der Waals surface area contributed by atoms with Crippen LogP contribution in [-0.2, 0) is 26.0 Å². The number of anilines is 2. The van der Waals surface area contributed by atoms with E-state index in [1.54, 1.807) is 30.3 Å². The summed E-state index contributed by atoms with van der Waals surface area (Å²) in [5.41, 5.74) is 2.60. The highest BCUT2D eigenvalue weighted by Gasteiger charge is 2.27. The fraction of sp³-hybridized carbons (Fsp3) is 0.440. The second-order valence-corrected chi connectivity index (χ2v) is 11.3. The van der Waals surface area contributed by atoms with Crippen molar-refractivity contribution in [1.82, 2.24) is 15.1 Å². The lowest BCUT2D eigenvalue weighted by atomic mass is 10.0. The minimum atomic E-state index is -3.45. The SMILES string of the molecule is CN1CCN(C(CNC(=O)C(=O)Nc2ccc3c(c2)N(S(C)(=O)=O)CCC3)c2ccc(F)cc2)CC1. The molecule has 9 nitrogen and oxygen atoms in total. The van der Waals surface area contributed by atoms with Gasteiger partial charge in [0.15, 0.2) is 0 Å². The van der Waals surface area contributed by atoms with Crippen molar-refractivity contribution in [3.63, 3.8) is 0 Å². The van der Waals surface area contributed by atoms with Gasteiger partial charge in [-0.2, -0.15) is 0 Å². The van der Waals surface area contributed by atoms with Gasteiger partial charge in [-0.05, 0) is 55.3 Å². The molecule has 1 fully saturated rings. The van der Waals surface area contributed by atoms with Crippen molar-refractivity contribution < 1.29 is 22.4 Å². The van der Waals surface area contributed by atoms with Gasteiger partial charge in [0.05, 0.1) is 18.0 Å². The summed E-state index contributed by atoms with van der Waals surface area (Å²) < 4.78 is 39.2. The molecule has 2 aromatic carbocycles. The van der Waals surface area contributed by atoms with Crippen molar-refractivity contribution in [2.45, 2.75) is 18.9 Å². The molecule has 1 atom stereocenters. The Kier molecular flexibility index (Phi) is 7.91. The summed E-state index contributed by atoms with van der Waals surface area (Å²) >= 11 is 0. The molecule has 11 heteroatoms. The van der Waals surface area contributed by atoms with E-state index in [1.807, 2.05) is 7.05 Å². The van der Waals surface area contributed by atoms with Crippen LogP contribution in [0.1, 0.15) is 23.6 Å². The van der Waals surface area contributed by atoms with Crippen LogP contribution in [0.3, 0.4) is 0 Å². The molecule has 2 heterocycles. The molecule has 194 valence electrons. The average Bonchev–Trinajstić information content (AvgIpc) is 2.85. The van der Waals surface area contributed by atoms with Crippen LogP contribution >= 0.6 is 0 Å². The smallest absolute Gasteiger partial charge is 0.313 e. The van der Waals surface area contributed by atoms with E-state index >= 15 is 0 Å². The summed E-state index contributed by atoms with van der Waals surface area (Å²) in [5.74, 6) is -1.97. The lowest BCUT2D eigenvalue weighted by molar-refractivity contribution is -0.136. The Bertz CT molecular complexity index is 1210. The van der Waals surface area contributed by atoms with Crippen LogP contribution in [0.15, 0.2) is 42.5 Å². The van der Waals surface area contributed by atoms with Gasteiger partial charge < -0.3 is 15.5 Å². The Morgan fingerprint density at radius 3 is 2.36 bits per heavy atom. The number of halogens is 1. The molecule has 0 radical (unpaired) electrons. The van der Waals surface area contributed by atoms with Gasteiger partial charge >= 0.3 is 11.8 Å². The van der Waals surface area contributed by atoms with E-state index in [4.69, 9.17) is 0 Å². The van der Waals surface area contributed by atoms with Gasteiger partial charge in [0.1, 0.15) is 5.82 Å². The first-order chi connectivity index (χ1) is 17.1. The number of carbonyl (C=O) groups excluding carboxylic acids is 2. The first kappa shape index (κ1) is 26.1. The molecule has 0 saturated carbocycles. The maximum absolute atomic E-state index is 13.5. The fourth-order valence-corrected chi connectivity index (χ4v) is 5.69. The molecule has 2 amide bonds. The van der Waals surface area contributed by atoms with E-state index < -0.39 is 21.8 Å². The predicted molar refractivity (Wildman–Crippen MR) is 137 cm³/mol. The van der Waals surface area contributed by atoms with Crippen molar-refractivity contribution in [3.05, 3.63) is 59.4 Å².